The molecule has 1 atom stereocenters. The number of benzene rings is 1. The van der Waals surface area contributed by atoms with Crippen LogP contribution in [0.2, 0.25) is 0 Å². The van der Waals surface area contributed by atoms with Gasteiger partial charge in [0.1, 0.15) is 17.4 Å². The molecule has 2 heterocycles. The minimum atomic E-state index is -0.590. The number of aliphatic hydroxyl groups is 1. The maximum Gasteiger partial charge on any atom is 0.138 e. The summed E-state index contributed by atoms with van der Waals surface area (Å²) >= 11 is 0. The summed E-state index contributed by atoms with van der Waals surface area (Å²) in [6.45, 7) is 3.99. The summed E-state index contributed by atoms with van der Waals surface area (Å²) in [5.74, 6) is 8.14. The van der Waals surface area contributed by atoms with Gasteiger partial charge in [-0.2, -0.15) is 0 Å². The Bertz CT molecular complexity index is 1030. The zero-order valence-corrected chi connectivity index (χ0v) is 17.6. The standard InChI is InChI=1S/C25H31N3O/c1-3-4-5-6-7-10-19-13-15-20(16-14-19)28-24-21-11-8-9-12-22(21)26-17-23(24)27-25(28)18(2)29/h8-9,11-12,17-20,29H,3-4,7,10,13-16H2,1-2H3. The number of unbranched alkanes of at least 4 members (excludes halogenated alkanes) is 1. The van der Waals surface area contributed by atoms with Gasteiger partial charge in [-0.25, -0.2) is 4.98 Å². The number of nitrogens with zero attached hydrogens (tertiary/aromatic N) is 3. The lowest BCUT2D eigenvalue weighted by atomic mass is 9.83. The van der Waals surface area contributed by atoms with Crippen molar-refractivity contribution >= 4 is 21.9 Å². The number of pyridine rings is 1. The Morgan fingerprint density at radius 2 is 1.86 bits per heavy atom. The van der Waals surface area contributed by atoms with Gasteiger partial charge in [0, 0.05) is 24.3 Å². The third kappa shape index (κ3) is 4.16. The summed E-state index contributed by atoms with van der Waals surface area (Å²) in [5.41, 5.74) is 2.99. The lowest BCUT2D eigenvalue weighted by Gasteiger charge is -2.31. The molecule has 0 amide bonds. The van der Waals surface area contributed by atoms with Crippen molar-refractivity contribution < 1.29 is 5.11 Å². The van der Waals surface area contributed by atoms with Crippen LogP contribution < -0.4 is 0 Å². The van der Waals surface area contributed by atoms with Gasteiger partial charge in [-0.05, 0) is 57.4 Å². The fraction of sp³-hybridized carbons (Fsp3) is 0.520. The zero-order valence-electron chi connectivity index (χ0n) is 17.6. The van der Waals surface area contributed by atoms with Crippen LogP contribution in [0.1, 0.15) is 83.2 Å². The van der Waals surface area contributed by atoms with Gasteiger partial charge in [0.15, 0.2) is 0 Å². The van der Waals surface area contributed by atoms with Gasteiger partial charge in [0.2, 0.25) is 0 Å². The van der Waals surface area contributed by atoms with Crippen LogP contribution in [0, 0.1) is 17.8 Å². The maximum absolute atomic E-state index is 10.4. The first-order valence-electron chi connectivity index (χ1n) is 11.1. The molecule has 1 aliphatic carbocycles. The second kappa shape index (κ2) is 8.97. The third-order valence-corrected chi connectivity index (χ3v) is 6.18. The SMILES string of the molecule is CCCC#CCCC1CCC(n2c(C(C)O)nc3cnc4ccccc4c32)CC1. The molecule has 0 bridgehead atoms. The van der Waals surface area contributed by atoms with Crippen molar-refractivity contribution in [2.24, 2.45) is 5.92 Å². The highest BCUT2D eigenvalue weighted by molar-refractivity contribution is 6.02. The van der Waals surface area contributed by atoms with Crippen LogP contribution in [0.4, 0.5) is 0 Å². The van der Waals surface area contributed by atoms with Crippen molar-refractivity contribution in [2.75, 3.05) is 0 Å². The Labute approximate surface area is 173 Å². The molecule has 4 rings (SSSR count). The number of imidazole rings is 1. The Morgan fingerprint density at radius 1 is 1.10 bits per heavy atom. The highest BCUT2D eigenvalue weighted by Crippen LogP contribution is 2.39. The predicted octanol–water partition coefficient (Wildman–Crippen LogP) is 5.95. The fourth-order valence-corrected chi connectivity index (χ4v) is 4.68. The molecule has 4 heteroatoms. The molecular weight excluding hydrogens is 358 g/mol. The van der Waals surface area contributed by atoms with Crippen molar-refractivity contribution in [1.29, 1.82) is 0 Å². The Kier molecular flexibility index (Phi) is 6.16. The first-order valence-corrected chi connectivity index (χ1v) is 11.1. The van der Waals surface area contributed by atoms with E-state index in [1.165, 1.54) is 19.3 Å². The van der Waals surface area contributed by atoms with Crippen LogP contribution >= 0.6 is 0 Å². The summed E-state index contributed by atoms with van der Waals surface area (Å²) in [4.78, 5) is 9.33. The summed E-state index contributed by atoms with van der Waals surface area (Å²) in [7, 11) is 0. The van der Waals surface area contributed by atoms with Gasteiger partial charge in [-0.1, -0.05) is 25.1 Å². The van der Waals surface area contributed by atoms with Crippen LogP contribution in [0.25, 0.3) is 21.9 Å². The lowest BCUT2D eigenvalue weighted by molar-refractivity contribution is 0.174. The van der Waals surface area contributed by atoms with Crippen molar-refractivity contribution in [3.05, 3.63) is 36.3 Å². The van der Waals surface area contributed by atoms with Crippen LogP contribution in [0.3, 0.4) is 0 Å². The van der Waals surface area contributed by atoms with Gasteiger partial charge in [-0.15, -0.1) is 11.8 Å². The average molecular weight is 390 g/mol. The second-order valence-corrected chi connectivity index (χ2v) is 8.34. The Balaban J connectivity index is 1.59. The first kappa shape index (κ1) is 19.9. The normalized spacial score (nSPS) is 20.5. The van der Waals surface area contributed by atoms with E-state index in [0.29, 0.717) is 6.04 Å². The maximum atomic E-state index is 10.4. The monoisotopic (exact) mass is 389 g/mol. The quantitative estimate of drug-likeness (QED) is 0.548. The first-order chi connectivity index (χ1) is 14.2. The Hall–Kier alpha value is -2.38. The van der Waals surface area contributed by atoms with E-state index >= 15 is 0 Å². The van der Waals surface area contributed by atoms with E-state index in [4.69, 9.17) is 4.98 Å². The summed E-state index contributed by atoms with van der Waals surface area (Å²) in [6.07, 6.45) is 10.4. The van der Waals surface area contributed by atoms with E-state index in [9.17, 15) is 5.11 Å². The summed E-state index contributed by atoms with van der Waals surface area (Å²) < 4.78 is 2.32. The molecule has 0 radical (unpaired) electrons. The van der Waals surface area contributed by atoms with Crippen LogP contribution in [0.15, 0.2) is 30.5 Å². The topological polar surface area (TPSA) is 50.9 Å². The molecule has 1 aliphatic rings. The predicted molar refractivity (Wildman–Crippen MR) is 119 cm³/mol. The number of aromatic nitrogens is 3. The second-order valence-electron chi connectivity index (χ2n) is 8.34. The molecule has 4 nitrogen and oxygen atoms in total. The number of hydrogen-bond acceptors (Lipinski definition) is 3. The van der Waals surface area contributed by atoms with Crippen molar-refractivity contribution in [2.45, 2.75) is 77.4 Å². The van der Waals surface area contributed by atoms with E-state index in [-0.39, 0.29) is 0 Å². The van der Waals surface area contributed by atoms with Gasteiger partial charge < -0.3 is 9.67 Å². The minimum Gasteiger partial charge on any atom is -0.385 e. The number of rotatable bonds is 5. The van der Waals surface area contributed by atoms with Gasteiger partial charge >= 0.3 is 0 Å². The highest BCUT2D eigenvalue weighted by Gasteiger charge is 2.27. The van der Waals surface area contributed by atoms with E-state index in [1.807, 2.05) is 25.3 Å². The van der Waals surface area contributed by atoms with Gasteiger partial charge in [0.05, 0.1) is 17.2 Å². The molecule has 1 unspecified atom stereocenters. The molecule has 152 valence electrons. The van der Waals surface area contributed by atoms with Gasteiger partial charge in [-0.3, -0.25) is 4.98 Å². The van der Waals surface area contributed by atoms with Crippen LogP contribution in [0.5, 0.6) is 0 Å². The molecule has 1 fully saturated rings. The smallest absolute Gasteiger partial charge is 0.138 e. The molecule has 29 heavy (non-hydrogen) atoms. The summed E-state index contributed by atoms with van der Waals surface area (Å²) in [5, 5.41) is 11.6. The average Bonchev–Trinajstić information content (AvgIpc) is 3.15. The van der Waals surface area contributed by atoms with Crippen molar-refractivity contribution in [1.82, 2.24) is 14.5 Å². The Morgan fingerprint density at radius 3 is 2.62 bits per heavy atom. The van der Waals surface area contributed by atoms with Crippen LogP contribution in [-0.2, 0) is 0 Å². The van der Waals surface area contributed by atoms with E-state index in [2.05, 4.69) is 40.4 Å². The number of fused-ring (bicyclic) bond motifs is 3. The molecule has 0 saturated heterocycles. The molecule has 0 spiro atoms. The largest absolute Gasteiger partial charge is 0.385 e. The third-order valence-electron chi connectivity index (χ3n) is 6.18. The zero-order chi connectivity index (χ0) is 20.2. The van der Waals surface area contributed by atoms with E-state index < -0.39 is 6.10 Å². The molecule has 1 aromatic carbocycles. The number of aliphatic hydroxyl groups excluding tert-OH is 1. The highest BCUT2D eigenvalue weighted by atomic mass is 16.3. The van der Waals surface area contributed by atoms with Crippen molar-refractivity contribution in [3.63, 3.8) is 0 Å². The lowest BCUT2D eigenvalue weighted by Crippen LogP contribution is -2.20. The van der Waals surface area contributed by atoms with Crippen molar-refractivity contribution in [3.8, 4) is 11.8 Å². The molecule has 2 aromatic heterocycles. The number of para-hydroxylation sites is 1. The van der Waals surface area contributed by atoms with Crippen LogP contribution in [-0.4, -0.2) is 19.6 Å². The van der Waals surface area contributed by atoms with E-state index in [0.717, 1.165) is 65.8 Å². The summed E-state index contributed by atoms with van der Waals surface area (Å²) in [6, 6.07) is 8.63. The molecule has 1 saturated carbocycles. The molecular formula is C25H31N3O. The fourth-order valence-electron chi connectivity index (χ4n) is 4.68. The van der Waals surface area contributed by atoms with Gasteiger partial charge in [0.25, 0.3) is 0 Å². The molecule has 0 aliphatic heterocycles. The number of hydrogen-bond donors (Lipinski definition) is 1. The van der Waals surface area contributed by atoms with E-state index in [1.54, 1.807) is 0 Å². The molecule has 1 N–H and O–H groups in total. The molecule has 3 aromatic rings. The minimum absolute atomic E-state index is 0.387.